The Morgan fingerprint density at radius 1 is 1.83 bits per heavy atom. The lowest BCUT2D eigenvalue weighted by Gasteiger charge is -1.89. The molecule has 64 valence electrons. The predicted octanol–water partition coefficient (Wildman–Crippen LogP) is 1.16. The molecule has 1 N–H and O–H groups in total. The summed E-state index contributed by atoms with van der Waals surface area (Å²) in [6, 6.07) is 0. The summed E-state index contributed by atoms with van der Waals surface area (Å²) < 4.78 is 1.65. The van der Waals surface area contributed by atoms with E-state index in [2.05, 4.69) is 5.10 Å². The van der Waals surface area contributed by atoms with E-state index in [1.165, 1.54) is 6.20 Å². The molecule has 0 amide bonds. The molecular formula is C8H10N2O2. The molecule has 1 heterocycles. The van der Waals surface area contributed by atoms with Gasteiger partial charge in [0.1, 0.15) is 0 Å². The van der Waals surface area contributed by atoms with Crippen LogP contribution < -0.4 is 0 Å². The number of hydrogen-bond donors (Lipinski definition) is 1. The predicted molar refractivity (Wildman–Crippen MR) is 44.0 cm³/mol. The molecule has 0 atom stereocenters. The lowest BCUT2D eigenvalue weighted by atomic mass is 10.2. The van der Waals surface area contributed by atoms with Gasteiger partial charge < -0.3 is 5.11 Å². The molecule has 0 fully saturated rings. The molecule has 1 aromatic rings. The molecule has 0 aromatic carbocycles. The first-order valence-corrected chi connectivity index (χ1v) is 3.65. The summed E-state index contributed by atoms with van der Waals surface area (Å²) in [6.07, 6.45) is 4.94. The number of aliphatic hydroxyl groups excluding tert-OH is 1. The quantitative estimate of drug-likeness (QED) is 0.416. The van der Waals surface area contributed by atoms with E-state index in [4.69, 9.17) is 5.11 Å². The number of aryl methyl sites for hydroxylation is 1. The van der Waals surface area contributed by atoms with Gasteiger partial charge in [0.15, 0.2) is 5.78 Å². The average molecular weight is 166 g/mol. The molecule has 0 spiro atoms. The molecular weight excluding hydrogens is 156 g/mol. The fraction of sp³-hybridized carbons (Fsp3) is 0.250. The summed E-state index contributed by atoms with van der Waals surface area (Å²) in [5, 5.41) is 12.3. The maximum Gasteiger partial charge on any atom is 0.192 e. The van der Waals surface area contributed by atoms with Crippen molar-refractivity contribution in [1.82, 2.24) is 9.78 Å². The van der Waals surface area contributed by atoms with Gasteiger partial charge in [-0.25, -0.2) is 0 Å². The van der Waals surface area contributed by atoms with Gasteiger partial charge in [0.2, 0.25) is 0 Å². The first kappa shape index (κ1) is 8.52. The number of hydrogen-bond acceptors (Lipinski definition) is 3. The second-order valence-electron chi connectivity index (χ2n) is 2.26. The van der Waals surface area contributed by atoms with Gasteiger partial charge in [-0.15, -0.1) is 0 Å². The zero-order valence-electron chi connectivity index (χ0n) is 6.77. The molecule has 0 saturated heterocycles. The maximum absolute atomic E-state index is 11.1. The zero-order valence-corrected chi connectivity index (χ0v) is 6.77. The lowest BCUT2D eigenvalue weighted by molar-refractivity contribution is 0.104. The van der Waals surface area contributed by atoms with Crippen LogP contribution in [0, 0.1) is 0 Å². The van der Waals surface area contributed by atoms with Gasteiger partial charge in [0.25, 0.3) is 0 Å². The van der Waals surface area contributed by atoms with Crippen LogP contribution in [-0.4, -0.2) is 20.7 Å². The van der Waals surface area contributed by atoms with Crippen LogP contribution in [0.25, 0.3) is 0 Å². The first-order chi connectivity index (χ1) is 5.77. The molecule has 4 heteroatoms. The van der Waals surface area contributed by atoms with Crippen LogP contribution in [0.4, 0.5) is 0 Å². The van der Waals surface area contributed by atoms with E-state index in [0.29, 0.717) is 5.56 Å². The largest absolute Gasteiger partial charge is 0.515 e. The third-order valence-electron chi connectivity index (χ3n) is 1.47. The van der Waals surface area contributed by atoms with Crippen molar-refractivity contribution in [2.45, 2.75) is 13.5 Å². The van der Waals surface area contributed by atoms with Crippen LogP contribution in [0.2, 0.25) is 0 Å². The van der Waals surface area contributed by atoms with Crippen LogP contribution in [0.5, 0.6) is 0 Å². The van der Waals surface area contributed by atoms with Crippen molar-refractivity contribution in [1.29, 1.82) is 0 Å². The minimum absolute atomic E-state index is 0.239. The van der Waals surface area contributed by atoms with Crippen LogP contribution in [0.15, 0.2) is 24.7 Å². The molecule has 0 aliphatic rings. The second kappa shape index (κ2) is 3.71. The third kappa shape index (κ3) is 1.72. The van der Waals surface area contributed by atoms with Crippen molar-refractivity contribution < 1.29 is 9.90 Å². The Bertz CT molecular complexity index is 302. The fourth-order valence-electron chi connectivity index (χ4n) is 0.828. The second-order valence-corrected chi connectivity index (χ2v) is 2.26. The number of aromatic nitrogens is 2. The van der Waals surface area contributed by atoms with Crippen LogP contribution in [-0.2, 0) is 6.54 Å². The number of carbonyl (C=O) groups is 1. The molecule has 0 saturated carbocycles. The smallest absolute Gasteiger partial charge is 0.192 e. The molecule has 0 unspecified atom stereocenters. The van der Waals surface area contributed by atoms with Crippen molar-refractivity contribution in [2.24, 2.45) is 0 Å². The molecule has 1 rings (SSSR count). The van der Waals surface area contributed by atoms with E-state index in [-0.39, 0.29) is 5.78 Å². The van der Waals surface area contributed by atoms with Crippen LogP contribution in [0.1, 0.15) is 17.3 Å². The van der Waals surface area contributed by atoms with Gasteiger partial charge in [-0.1, -0.05) is 0 Å². The Morgan fingerprint density at radius 3 is 3.08 bits per heavy atom. The Balaban J connectivity index is 2.81. The number of nitrogens with zero attached hydrogens (tertiary/aromatic N) is 2. The highest BCUT2D eigenvalue weighted by Gasteiger charge is 2.03. The SMILES string of the molecule is CCn1cc(C(=O)C=CO)cn1. The zero-order chi connectivity index (χ0) is 8.97. The van der Waals surface area contributed by atoms with E-state index in [1.54, 1.807) is 10.9 Å². The topological polar surface area (TPSA) is 55.1 Å². The average Bonchev–Trinajstić information content (AvgIpc) is 2.52. The molecule has 0 bridgehead atoms. The Morgan fingerprint density at radius 2 is 2.58 bits per heavy atom. The molecule has 4 nitrogen and oxygen atoms in total. The summed E-state index contributed by atoms with van der Waals surface area (Å²) in [5.74, 6) is -0.239. The Hall–Kier alpha value is -1.58. The summed E-state index contributed by atoms with van der Waals surface area (Å²) in [7, 11) is 0. The van der Waals surface area contributed by atoms with Gasteiger partial charge >= 0.3 is 0 Å². The molecule has 0 aliphatic carbocycles. The summed E-state index contributed by atoms with van der Waals surface area (Å²) in [5.41, 5.74) is 0.488. The van der Waals surface area contributed by atoms with Gasteiger partial charge in [0.05, 0.1) is 18.0 Å². The summed E-state index contributed by atoms with van der Waals surface area (Å²) in [4.78, 5) is 11.1. The van der Waals surface area contributed by atoms with E-state index in [9.17, 15) is 4.79 Å². The van der Waals surface area contributed by atoms with Gasteiger partial charge in [-0.05, 0) is 6.92 Å². The minimum Gasteiger partial charge on any atom is -0.515 e. The van der Waals surface area contributed by atoms with Crippen LogP contribution >= 0.6 is 0 Å². The van der Waals surface area contributed by atoms with Crippen molar-refractivity contribution >= 4 is 5.78 Å². The Kier molecular flexibility index (Phi) is 2.63. The number of carbonyl (C=O) groups excluding carboxylic acids is 1. The van der Waals surface area contributed by atoms with E-state index < -0.39 is 0 Å². The number of ketones is 1. The van der Waals surface area contributed by atoms with Gasteiger partial charge in [-0.2, -0.15) is 5.10 Å². The van der Waals surface area contributed by atoms with E-state index >= 15 is 0 Å². The summed E-state index contributed by atoms with van der Waals surface area (Å²) in [6.45, 7) is 2.67. The first-order valence-electron chi connectivity index (χ1n) is 3.65. The van der Waals surface area contributed by atoms with Gasteiger partial charge in [0, 0.05) is 18.8 Å². The minimum atomic E-state index is -0.239. The van der Waals surface area contributed by atoms with Crippen LogP contribution in [0.3, 0.4) is 0 Å². The Labute approximate surface area is 70.1 Å². The number of allylic oxidation sites excluding steroid dienone is 1. The van der Waals surface area contributed by atoms with Crippen molar-refractivity contribution in [3.8, 4) is 0 Å². The highest BCUT2D eigenvalue weighted by atomic mass is 16.2. The summed E-state index contributed by atoms with van der Waals surface area (Å²) >= 11 is 0. The normalized spacial score (nSPS) is 10.8. The maximum atomic E-state index is 11.1. The van der Waals surface area contributed by atoms with E-state index in [0.717, 1.165) is 18.9 Å². The monoisotopic (exact) mass is 166 g/mol. The number of rotatable bonds is 3. The molecule has 1 aromatic heterocycles. The van der Waals surface area contributed by atoms with E-state index in [1.807, 2.05) is 6.92 Å². The van der Waals surface area contributed by atoms with Crippen molar-refractivity contribution in [3.63, 3.8) is 0 Å². The lowest BCUT2D eigenvalue weighted by Crippen LogP contribution is -1.94. The van der Waals surface area contributed by atoms with Crippen molar-refractivity contribution in [3.05, 3.63) is 30.3 Å². The fourth-order valence-corrected chi connectivity index (χ4v) is 0.828. The third-order valence-corrected chi connectivity index (χ3v) is 1.47. The highest BCUT2D eigenvalue weighted by Crippen LogP contribution is 1.99. The molecule has 0 radical (unpaired) electrons. The van der Waals surface area contributed by atoms with Gasteiger partial charge in [-0.3, -0.25) is 9.48 Å². The van der Waals surface area contributed by atoms with Crippen molar-refractivity contribution in [2.75, 3.05) is 0 Å². The highest BCUT2D eigenvalue weighted by molar-refractivity contribution is 6.03. The standard InChI is InChI=1S/C8H10N2O2/c1-2-10-6-7(5-9-10)8(12)3-4-11/h3-6,11H,2H2,1H3. The molecule has 12 heavy (non-hydrogen) atoms. The number of aliphatic hydroxyl groups is 1. The molecule has 0 aliphatic heterocycles.